The van der Waals surface area contributed by atoms with Crippen LogP contribution in [-0.2, 0) is 49.2 Å². The quantitative estimate of drug-likeness (QED) is 0.158. The van der Waals surface area contributed by atoms with Crippen molar-refractivity contribution in [3.8, 4) is 0 Å². The molecule has 0 spiro atoms. The van der Waals surface area contributed by atoms with Crippen LogP contribution in [-0.4, -0.2) is 104 Å². The first-order chi connectivity index (χ1) is 34.5. The Morgan fingerprint density at radius 1 is 0.479 bits per heavy atom. The van der Waals surface area contributed by atoms with E-state index in [0.29, 0.717) is 12.4 Å². The minimum absolute atomic E-state index is 0. The predicted octanol–water partition coefficient (Wildman–Crippen LogP) is 18.8. The van der Waals surface area contributed by atoms with Gasteiger partial charge in [-0.05, 0) is 224 Å². The maximum absolute atomic E-state index is 8.36. The Balaban J connectivity index is 0.000000235. The third-order valence-electron chi connectivity index (χ3n) is 19.6. The van der Waals surface area contributed by atoms with Gasteiger partial charge in [0.15, 0.2) is 0 Å². The van der Waals surface area contributed by atoms with Crippen molar-refractivity contribution in [3.63, 3.8) is 0 Å². The fourth-order valence-electron chi connectivity index (χ4n) is 14.8. The summed E-state index contributed by atoms with van der Waals surface area (Å²) in [5.41, 5.74) is 17.5. The SMILES string of the molecule is C[PH+](C1CCCCC1)C1CCCCC1.C[PH+](C1CCCCC1)C1CCCCC1.C[PH+](C1CCCCC1)C1CCCCC1.C[PH+](C1CCCCC1)C1CCCCC1.Cn1cnc2c1[N-]CN=C2[NH-].O=[N+]([O-])O.[Pt+2].[Pt+2]. The molecule has 8 aliphatic carbocycles. The fourth-order valence-corrected chi connectivity index (χ4v) is 28.0. The van der Waals surface area contributed by atoms with Gasteiger partial charge in [-0.3, -0.25) is 4.98 Å². The summed E-state index contributed by atoms with van der Waals surface area (Å²) < 4.78 is 1.79. The van der Waals surface area contributed by atoms with Gasteiger partial charge < -0.3 is 25.8 Å². The van der Waals surface area contributed by atoms with Crippen LogP contribution in [0.2, 0.25) is 0 Å². The summed E-state index contributed by atoms with van der Waals surface area (Å²) in [6.45, 7) is 11.0. The molecule has 426 valence electrons. The van der Waals surface area contributed by atoms with Crippen molar-refractivity contribution >= 4 is 43.3 Å². The minimum Gasteiger partial charge on any atom is -0.481 e. The van der Waals surface area contributed by atoms with Crippen LogP contribution >= 0.6 is 31.7 Å². The molecule has 0 bridgehead atoms. The van der Waals surface area contributed by atoms with Crippen molar-refractivity contribution in [1.29, 1.82) is 0 Å². The van der Waals surface area contributed by atoms with Crippen molar-refractivity contribution in [1.82, 2.24) is 9.55 Å². The maximum Gasteiger partial charge on any atom is 2.00 e. The van der Waals surface area contributed by atoms with E-state index in [4.69, 9.17) is 21.1 Å². The van der Waals surface area contributed by atoms with Crippen molar-refractivity contribution in [3.05, 3.63) is 33.2 Å². The largest absolute Gasteiger partial charge is 2.00 e. The normalized spacial score (nSPS) is 23.3. The first kappa shape index (κ1) is 68.1. The van der Waals surface area contributed by atoms with E-state index < -0.39 is 5.09 Å². The summed E-state index contributed by atoms with van der Waals surface area (Å²) in [5.74, 6) is 0.987. The van der Waals surface area contributed by atoms with Gasteiger partial charge in [0.1, 0.15) is 0 Å². The summed E-state index contributed by atoms with van der Waals surface area (Å²) in [7, 11) is 1.89. The molecule has 8 fully saturated rings. The van der Waals surface area contributed by atoms with E-state index >= 15 is 0 Å². The Bertz CT molecular complexity index is 1340. The topological polar surface area (TPSA) is 131 Å². The van der Waals surface area contributed by atoms with Crippen LogP contribution in [0.15, 0.2) is 11.3 Å². The Morgan fingerprint density at radius 3 is 0.849 bits per heavy atom. The molecule has 0 unspecified atom stereocenters. The Morgan fingerprint density at radius 2 is 0.671 bits per heavy atom. The van der Waals surface area contributed by atoms with Crippen molar-refractivity contribution in [2.45, 2.75) is 302 Å². The molecule has 0 radical (unpaired) electrons. The molecule has 9 aliphatic rings. The van der Waals surface area contributed by atoms with Crippen LogP contribution in [0, 0.1) is 10.1 Å². The molecule has 0 aromatic carbocycles. The van der Waals surface area contributed by atoms with E-state index in [1.54, 1.807) is 216 Å². The van der Waals surface area contributed by atoms with E-state index in [1.807, 2.05) is 7.05 Å². The zero-order chi connectivity index (χ0) is 50.6. The molecule has 10 rings (SSSR count). The zero-order valence-electron chi connectivity index (χ0n) is 47.3. The number of hydrogen-bond donors (Lipinski definition) is 1. The predicted molar refractivity (Wildman–Crippen MR) is 323 cm³/mol. The van der Waals surface area contributed by atoms with Crippen molar-refractivity contribution in [2.75, 3.05) is 33.3 Å². The first-order valence-electron chi connectivity index (χ1n) is 30.6. The van der Waals surface area contributed by atoms with Gasteiger partial charge >= 0.3 is 42.1 Å². The molecular formula is C58H112N6O3P4Pt2+6. The Kier molecular flexibility index (Phi) is 37.3. The second-order valence-corrected chi connectivity index (χ2v) is 36.7. The number of rotatable bonds is 8. The Hall–Kier alpha value is 0.777. The van der Waals surface area contributed by atoms with E-state index in [0.717, 1.165) is 5.82 Å². The number of imidazole rings is 1. The second-order valence-electron chi connectivity index (χ2n) is 24.2. The third-order valence-corrected chi connectivity index (χ3v) is 34.5. The van der Waals surface area contributed by atoms with Crippen LogP contribution in [0.3, 0.4) is 0 Å². The minimum atomic E-state index is -1.50. The average Bonchev–Trinajstić information content (AvgIpc) is 3.83. The zero-order valence-corrected chi connectivity index (χ0v) is 55.9. The molecule has 9 nitrogen and oxygen atoms in total. The molecule has 2 N–H and O–H groups in total. The van der Waals surface area contributed by atoms with Gasteiger partial charge in [0.2, 0.25) is 0 Å². The summed E-state index contributed by atoms with van der Waals surface area (Å²) >= 11 is 0. The van der Waals surface area contributed by atoms with Gasteiger partial charge in [0.05, 0.1) is 51.0 Å². The molecule has 73 heavy (non-hydrogen) atoms. The molecule has 1 aromatic rings. The first-order valence-corrected chi connectivity index (χ1v) is 39.3. The molecule has 0 amide bonds. The summed E-state index contributed by atoms with van der Waals surface area (Å²) in [5, 5.41) is 17.7. The van der Waals surface area contributed by atoms with Crippen LogP contribution in [0.5, 0.6) is 0 Å². The second kappa shape index (κ2) is 40.0. The van der Waals surface area contributed by atoms with Crippen LogP contribution in [0.25, 0.3) is 11.1 Å². The van der Waals surface area contributed by atoms with Crippen LogP contribution in [0.1, 0.15) is 263 Å². The standard InChI is InChI=1S/4C13H25P.C6H7N5.HNO3.2Pt/c4*1-14(12-8-4-2-5-9-12)13-10-6-3-7-11-13;1-11-3-10-4-5(7)8-2-9-6(4)11;2-1(3)4;;/h4*12-13H,2-11H2,1H3;3H,2H2,1H3,(H-,7,8);(H,2,3,4);;/q;;;;-2;;2*+2/p+4. The fraction of sp³-hybridized carbons (Fsp3) is 0.931. The average molecular weight is 1460 g/mol. The van der Waals surface area contributed by atoms with Gasteiger partial charge in [-0.1, -0.05) is 58.4 Å². The molecule has 1 aromatic heterocycles. The molecule has 0 atom stereocenters. The number of nitrogens with one attached hydrogen (secondary N) is 1. The maximum atomic E-state index is 8.36. The summed E-state index contributed by atoms with van der Waals surface area (Å²) in [4.78, 5) is 16.2. The van der Waals surface area contributed by atoms with Crippen LogP contribution < -0.4 is 0 Å². The van der Waals surface area contributed by atoms with Gasteiger partial charge in [0.25, 0.3) is 5.09 Å². The summed E-state index contributed by atoms with van der Waals surface area (Å²) in [6.07, 6.45) is 63.8. The monoisotopic (exact) mass is 1450 g/mol. The Labute approximate surface area is 482 Å². The van der Waals surface area contributed by atoms with Gasteiger partial charge in [0, 0.05) is 64.7 Å². The molecule has 2 heterocycles. The van der Waals surface area contributed by atoms with Gasteiger partial charge in [-0.2, -0.15) is 0 Å². The van der Waals surface area contributed by atoms with E-state index in [-0.39, 0.29) is 79.7 Å². The van der Waals surface area contributed by atoms with E-state index in [9.17, 15) is 0 Å². The van der Waals surface area contributed by atoms with Gasteiger partial charge in [-0.15, -0.1) is 10.1 Å². The van der Waals surface area contributed by atoms with E-state index in [2.05, 4.69) is 42.0 Å². The van der Waals surface area contributed by atoms with Crippen molar-refractivity contribution in [2.24, 2.45) is 12.0 Å². The number of aliphatic imine (C=N–C) groups is 1. The van der Waals surface area contributed by atoms with Gasteiger partial charge in [-0.25, -0.2) is 0 Å². The molecular weight excluding hydrogens is 1340 g/mol. The summed E-state index contributed by atoms with van der Waals surface area (Å²) in [6, 6.07) is 0. The molecule has 15 heteroatoms. The third kappa shape index (κ3) is 25.4. The smallest absolute Gasteiger partial charge is 0.481 e. The van der Waals surface area contributed by atoms with E-state index in [1.165, 1.54) is 96.6 Å². The number of amidine groups is 1. The number of fused-ring (bicyclic) bond motifs is 1. The number of nitrogens with zero attached hydrogens (tertiary/aromatic N) is 5. The van der Waals surface area contributed by atoms with Crippen LogP contribution in [0.4, 0.5) is 5.82 Å². The molecule has 8 saturated carbocycles. The number of aromatic nitrogens is 2. The van der Waals surface area contributed by atoms with Crippen molar-refractivity contribution < 1.29 is 52.4 Å². The number of aryl methyl sites for hydroxylation is 1. The molecule has 0 saturated heterocycles. The number of hydrogen-bond acceptors (Lipinski definition) is 4. The molecule has 1 aliphatic heterocycles.